The fraction of sp³-hybridized carbons (Fsp3) is 0.118. The third-order valence-corrected chi connectivity index (χ3v) is 3.85. The Hall–Kier alpha value is -2.57. The predicted molar refractivity (Wildman–Crippen MR) is 96.7 cm³/mol. The van der Waals surface area contributed by atoms with Gasteiger partial charge in [-0.05, 0) is 24.3 Å². The molecule has 0 saturated carbocycles. The summed E-state index contributed by atoms with van der Waals surface area (Å²) in [5, 5.41) is 4.06. The third-order valence-electron chi connectivity index (χ3n) is 3.34. The SMILES string of the molecule is COc1ccccc1NC(=O)COc1ncnc2c(Cl)cc(Cl)cc12. The van der Waals surface area contributed by atoms with Gasteiger partial charge in [0.05, 0.1) is 28.7 Å². The standard InChI is InChI=1S/C17H13Cl2N3O3/c1-24-14-5-3-2-4-13(14)22-15(23)8-25-17-11-6-10(18)7-12(19)16(11)20-9-21-17/h2-7,9H,8H2,1H3,(H,22,23). The minimum atomic E-state index is -0.357. The number of aromatic nitrogens is 2. The summed E-state index contributed by atoms with van der Waals surface area (Å²) in [6.45, 7) is -0.242. The van der Waals surface area contributed by atoms with Crippen molar-refractivity contribution in [2.45, 2.75) is 0 Å². The molecule has 6 nitrogen and oxygen atoms in total. The van der Waals surface area contributed by atoms with E-state index in [9.17, 15) is 4.79 Å². The number of hydrogen-bond donors (Lipinski definition) is 1. The summed E-state index contributed by atoms with van der Waals surface area (Å²) in [7, 11) is 1.53. The number of carbonyl (C=O) groups is 1. The highest BCUT2D eigenvalue weighted by Gasteiger charge is 2.12. The number of para-hydroxylation sites is 2. The number of fused-ring (bicyclic) bond motifs is 1. The molecule has 0 atom stereocenters. The lowest BCUT2D eigenvalue weighted by atomic mass is 10.2. The molecule has 0 fully saturated rings. The van der Waals surface area contributed by atoms with Crippen molar-refractivity contribution in [3.05, 3.63) is 52.8 Å². The lowest BCUT2D eigenvalue weighted by molar-refractivity contribution is -0.118. The Morgan fingerprint density at radius 2 is 2.00 bits per heavy atom. The number of halogens is 2. The molecular weight excluding hydrogens is 365 g/mol. The minimum absolute atomic E-state index is 0.226. The third kappa shape index (κ3) is 3.92. The maximum absolute atomic E-state index is 12.1. The normalized spacial score (nSPS) is 10.5. The molecule has 0 spiro atoms. The van der Waals surface area contributed by atoms with Crippen molar-refractivity contribution in [2.24, 2.45) is 0 Å². The molecule has 0 saturated heterocycles. The molecule has 0 radical (unpaired) electrons. The van der Waals surface area contributed by atoms with Crippen LogP contribution in [0.15, 0.2) is 42.7 Å². The van der Waals surface area contributed by atoms with Gasteiger partial charge < -0.3 is 14.8 Å². The second kappa shape index (κ2) is 7.55. The first-order valence-corrected chi connectivity index (χ1v) is 7.99. The number of nitrogens with zero attached hydrogens (tertiary/aromatic N) is 2. The highest BCUT2D eigenvalue weighted by atomic mass is 35.5. The summed E-state index contributed by atoms with van der Waals surface area (Å²) < 4.78 is 10.7. The van der Waals surface area contributed by atoms with Crippen LogP contribution in [0, 0.1) is 0 Å². The number of benzene rings is 2. The number of methoxy groups -OCH3 is 1. The largest absolute Gasteiger partial charge is 0.495 e. The van der Waals surface area contributed by atoms with Crippen molar-refractivity contribution in [1.29, 1.82) is 0 Å². The summed E-state index contributed by atoms with van der Waals surface area (Å²) in [5.74, 6) is 0.427. The maximum Gasteiger partial charge on any atom is 0.262 e. The van der Waals surface area contributed by atoms with Gasteiger partial charge in [-0.1, -0.05) is 35.3 Å². The Morgan fingerprint density at radius 1 is 1.20 bits per heavy atom. The van der Waals surface area contributed by atoms with E-state index in [0.717, 1.165) is 0 Å². The summed E-state index contributed by atoms with van der Waals surface area (Å²) in [6.07, 6.45) is 1.32. The number of amides is 1. The first kappa shape index (κ1) is 17.3. The predicted octanol–water partition coefficient (Wildman–Crippen LogP) is 3.96. The van der Waals surface area contributed by atoms with Gasteiger partial charge in [0.25, 0.3) is 5.91 Å². The highest BCUT2D eigenvalue weighted by molar-refractivity contribution is 6.38. The van der Waals surface area contributed by atoms with Crippen LogP contribution in [0.4, 0.5) is 5.69 Å². The van der Waals surface area contributed by atoms with Crippen molar-refractivity contribution in [2.75, 3.05) is 19.0 Å². The van der Waals surface area contributed by atoms with Gasteiger partial charge in [-0.3, -0.25) is 4.79 Å². The van der Waals surface area contributed by atoms with Crippen LogP contribution in [-0.2, 0) is 4.79 Å². The molecule has 25 heavy (non-hydrogen) atoms. The van der Waals surface area contributed by atoms with Gasteiger partial charge in [-0.25, -0.2) is 9.97 Å². The number of nitrogens with one attached hydrogen (secondary N) is 1. The van der Waals surface area contributed by atoms with E-state index in [4.69, 9.17) is 32.7 Å². The molecule has 0 aliphatic carbocycles. The Bertz CT molecular complexity index is 934. The summed E-state index contributed by atoms with van der Waals surface area (Å²) in [4.78, 5) is 20.3. The highest BCUT2D eigenvalue weighted by Crippen LogP contribution is 2.30. The van der Waals surface area contributed by atoms with Crippen molar-refractivity contribution in [3.8, 4) is 11.6 Å². The van der Waals surface area contributed by atoms with Crippen LogP contribution in [0.5, 0.6) is 11.6 Å². The smallest absolute Gasteiger partial charge is 0.262 e. The molecule has 0 aliphatic rings. The van der Waals surface area contributed by atoms with Gasteiger partial charge in [0, 0.05) is 5.02 Å². The molecule has 1 amide bonds. The fourth-order valence-electron chi connectivity index (χ4n) is 2.25. The van der Waals surface area contributed by atoms with Gasteiger partial charge in [0.15, 0.2) is 6.61 Å². The number of rotatable bonds is 5. The summed E-state index contributed by atoms with van der Waals surface area (Å²) in [6, 6.07) is 10.3. The molecule has 0 unspecified atom stereocenters. The zero-order chi connectivity index (χ0) is 17.8. The van der Waals surface area contributed by atoms with Gasteiger partial charge in [-0.2, -0.15) is 0 Å². The summed E-state index contributed by atoms with van der Waals surface area (Å²) >= 11 is 12.1. The van der Waals surface area contributed by atoms with E-state index in [0.29, 0.717) is 32.4 Å². The van der Waals surface area contributed by atoms with E-state index in [1.807, 2.05) is 6.07 Å². The van der Waals surface area contributed by atoms with E-state index in [2.05, 4.69) is 15.3 Å². The van der Waals surface area contributed by atoms with Gasteiger partial charge in [-0.15, -0.1) is 0 Å². The van der Waals surface area contributed by atoms with E-state index >= 15 is 0 Å². The molecule has 3 rings (SSSR count). The van der Waals surface area contributed by atoms with E-state index in [-0.39, 0.29) is 18.4 Å². The second-order valence-corrected chi connectivity index (χ2v) is 5.84. The Morgan fingerprint density at radius 3 is 2.80 bits per heavy atom. The number of ether oxygens (including phenoxy) is 2. The van der Waals surface area contributed by atoms with Crippen LogP contribution < -0.4 is 14.8 Å². The topological polar surface area (TPSA) is 73.3 Å². The maximum atomic E-state index is 12.1. The fourth-order valence-corrected chi connectivity index (χ4v) is 2.79. The van der Waals surface area contributed by atoms with E-state index < -0.39 is 0 Å². The average molecular weight is 378 g/mol. The van der Waals surface area contributed by atoms with Gasteiger partial charge >= 0.3 is 0 Å². The second-order valence-electron chi connectivity index (χ2n) is 5.00. The molecule has 1 N–H and O–H groups in total. The molecule has 2 aromatic carbocycles. The molecular formula is C17H13Cl2N3O3. The Labute approximate surface area is 153 Å². The van der Waals surface area contributed by atoms with Crippen LogP contribution in [0.1, 0.15) is 0 Å². The van der Waals surface area contributed by atoms with Gasteiger partial charge in [0.2, 0.25) is 5.88 Å². The van der Waals surface area contributed by atoms with E-state index in [1.54, 1.807) is 30.3 Å². The zero-order valence-electron chi connectivity index (χ0n) is 13.1. The quantitative estimate of drug-likeness (QED) is 0.728. The summed E-state index contributed by atoms with van der Waals surface area (Å²) in [5.41, 5.74) is 1.05. The first-order valence-electron chi connectivity index (χ1n) is 7.24. The van der Waals surface area contributed by atoms with Crippen LogP contribution in [-0.4, -0.2) is 29.6 Å². The molecule has 1 heterocycles. The van der Waals surface area contributed by atoms with Crippen LogP contribution >= 0.6 is 23.2 Å². The zero-order valence-corrected chi connectivity index (χ0v) is 14.6. The van der Waals surface area contributed by atoms with Crippen LogP contribution in [0.2, 0.25) is 10.0 Å². The number of anilines is 1. The minimum Gasteiger partial charge on any atom is -0.495 e. The lowest BCUT2D eigenvalue weighted by Crippen LogP contribution is -2.21. The average Bonchev–Trinajstić information content (AvgIpc) is 2.60. The first-order chi connectivity index (χ1) is 12.1. The Kier molecular flexibility index (Phi) is 5.21. The number of carbonyl (C=O) groups excluding carboxylic acids is 1. The monoisotopic (exact) mass is 377 g/mol. The van der Waals surface area contributed by atoms with Crippen molar-refractivity contribution >= 4 is 45.7 Å². The van der Waals surface area contributed by atoms with Crippen molar-refractivity contribution in [3.63, 3.8) is 0 Å². The van der Waals surface area contributed by atoms with E-state index in [1.165, 1.54) is 13.4 Å². The molecule has 3 aromatic rings. The lowest BCUT2D eigenvalue weighted by Gasteiger charge is -2.11. The van der Waals surface area contributed by atoms with Crippen LogP contribution in [0.25, 0.3) is 10.9 Å². The molecule has 128 valence electrons. The molecule has 1 aromatic heterocycles. The van der Waals surface area contributed by atoms with Crippen molar-refractivity contribution in [1.82, 2.24) is 9.97 Å². The van der Waals surface area contributed by atoms with Crippen molar-refractivity contribution < 1.29 is 14.3 Å². The number of hydrogen-bond acceptors (Lipinski definition) is 5. The van der Waals surface area contributed by atoms with Crippen LogP contribution in [0.3, 0.4) is 0 Å². The Balaban J connectivity index is 1.75. The molecule has 0 bridgehead atoms. The molecule has 8 heteroatoms. The van der Waals surface area contributed by atoms with Gasteiger partial charge in [0.1, 0.15) is 12.1 Å². The molecule has 0 aliphatic heterocycles.